The molecule has 5 heteroatoms. The molecule has 3 aliphatic heterocycles. The Morgan fingerprint density at radius 2 is 1.69 bits per heavy atom. The van der Waals surface area contributed by atoms with E-state index in [1.807, 2.05) is 12.1 Å². The summed E-state index contributed by atoms with van der Waals surface area (Å²) in [5, 5.41) is 0. The van der Waals surface area contributed by atoms with E-state index >= 15 is 0 Å². The monoisotopic (exact) mass is 421 g/mol. The number of aryl methyl sites for hydroxylation is 1. The lowest BCUT2D eigenvalue weighted by Crippen LogP contribution is -2.64. The van der Waals surface area contributed by atoms with E-state index in [0.29, 0.717) is 5.69 Å². The van der Waals surface area contributed by atoms with Gasteiger partial charge in [-0.2, -0.15) is 0 Å². The first-order chi connectivity index (χ1) is 13.9. The highest BCUT2D eigenvalue weighted by Gasteiger charge is 2.46. The Balaban J connectivity index is 1.48. The fraction of sp³-hybridized carbons (Fsp3) is 0.750. The highest BCUT2D eigenvalue weighted by molar-refractivity contribution is 7.92. The summed E-state index contributed by atoms with van der Waals surface area (Å²) < 4.78 is 26.6. The molecule has 3 heterocycles. The van der Waals surface area contributed by atoms with Crippen LogP contribution in [-0.4, -0.2) is 44.8 Å². The van der Waals surface area contributed by atoms with Crippen LogP contribution in [0.15, 0.2) is 24.3 Å². The van der Waals surface area contributed by atoms with E-state index in [4.69, 9.17) is 0 Å². The molecule has 164 valence electrons. The zero-order valence-corrected chi connectivity index (χ0v) is 19.4. The normalized spacial score (nSPS) is 26.6. The SMILES string of the molecule is CCCCCCC[N+]12CCC(CC1)CC2CCCc1ccc(NS(C)(=O)=O)cc1. The minimum absolute atomic E-state index is 0.652. The van der Waals surface area contributed by atoms with Gasteiger partial charge in [0.05, 0.1) is 31.9 Å². The number of rotatable bonds is 12. The zero-order valence-electron chi connectivity index (χ0n) is 18.5. The van der Waals surface area contributed by atoms with Gasteiger partial charge in [0.2, 0.25) is 10.0 Å². The average molecular weight is 422 g/mol. The lowest BCUT2D eigenvalue weighted by atomic mass is 9.78. The van der Waals surface area contributed by atoms with Crippen LogP contribution in [0.4, 0.5) is 5.69 Å². The van der Waals surface area contributed by atoms with Crippen LogP contribution in [0.3, 0.4) is 0 Å². The van der Waals surface area contributed by atoms with Gasteiger partial charge in [0.1, 0.15) is 0 Å². The molecule has 3 saturated heterocycles. The first kappa shape index (κ1) is 22.6. The van der Waals surface area contributed by atoms with Crippen LogP contribution < -0.4 is 4.72 Å². The van der Waals surface area contributed by atoms with Crippen LogP contribution in [0.5, 0.6) is 0 Å². The molecule has 0 spiro atoms. The third-order valence-electron chi connectivity index (χ3n) is 7.31. The summed E-state index contributed by atoms with van der Waals surface area (Å²) in [5.41, 5.74) is 1.96. The average Bonchev–Trinajstić information content (AvgIpc) is 2.69. The molecule has 1 aromatic carbocycles. The van der Waals surface area contributed by atoms with E-state index in [9.17, 15) is 8.42 Å². The molecular formula is C24H41N2O2S+. The fourth-order valence-corrected chi connectivity index (χ4v) is 6.23. The lowest BCUT2D eigenvalue weighted by Gasteiger charge is -2.55. The summed E-state index contributed by atoms with van der Waals surface area (Å²) in [4.78, 5) is 0. The Bertz CT molecular complexity index is 722. The van der Waals surface area contributed by atoms with E-state index in [1.165, 1.54) is 100 Å². The van der Waals surface area contributed by atoms with Gasteiger partial charge in [-0.25, -0.2) is 8.42 Å². The van der Waals surface area contributed by atoms with Crippen LogP contribution in [0.1, 0.15) is 76.7 Å². The maximum absolute atomic E-state index is 11.3. The summed E-state index contributed by atoms with van der Waals surface area (Å²) in [6.45, 7) is 6.56. The number of anilines is 1. The molecule has 0 amide bonds. The molecule has 0 aromatic heterocycles. The van der Waals surface area contributed by atoms with E-state index in [0.717, 1.165) is 18.4 Å². The highest BCUT2D eigenvalue weighted by atomic mass is 32.2. The first-order valence-corrected chi connectivity index (χ1v) is 13.7. The molecule has 2 bridgehead atoms. The van der Waals surface area contributed by atoms with E-state index < -0.39 is 10.0 Å². The van der Waals surface area contributed by atoms with Crippen LogP contribution in [0.2, 0.25) is 0 Å². The van der Waals surface area contributed by atoms with Gasteiger partial charge in [0.15, 0.2) is 0 Å². The Morgan fingerprint density at radius 1 is 1.00 bits per heavy atom. The number of nitrogens with zero attached hydrogens (tertiary/aromatic N) is 1. The Hall–Kier alpha value is -1.07. The summed E-state index contributed by atoms with van der Waals surface area (Å²) in [5.74, 6) is 0.987. The van der Waals surface area contributed by atoms with Gasteiger partial charge in [-0.3, -0.25) is 4.72 Å². The number of hydrogen-bond acceptors (Lipinski definition) is 2. The summed E-state index contributed by atoms with van der Waals surface area (Å²) in [6, 6.07) is 8.78. The molecule has 1 N–H and O–H groups in total. The molecule has 1 unspecified atom stereocenters. The number of nitrogens with one attached hydrogen (secondary N) is 1. The maximum Gasteiger partial charge on any atom is 0.229 e. The second kappa shape index (κ2) is 10.3. The molecule has 1 atom stereocenters. The number of unbranched alkanes of at least 4 members (excludes halogenated alkanes) is 4. The zero-order chi connectivity index (χ0) is 20.7. The molecule has 0 radical (unpaired) electrons. The lowest BCUT2D eigenvalue weighted by molar-refractivity contribution is -0.966. The first-order valence-electron chi connectivity index (χ1n) is 11.8. The number of piperidine rings is 3. The molecule has 1 aromatic rings. The van der Waals surface area contributed by atoms with E-state index in [1.54, 1.807) is 0 Å². The van der Waals surface area contributed by atoms with E-state index in [2.05, 4.69) is 23.8 Å². The summed E-state index contributed by atoms with van der Waals surface area (Å²) >= 11 is 0. The van der Waals surface area contributed by atoms with Gasteiger partial charge in [-0.05, 0) is 68.6 Å². The van der Waals surface area contributed by atoms with E-state index in [-0.39, 0.29) is 0 Å². The number of sulfonamides is 1. The van der Waals surface area contributed by atoms with Crippen molar-refractivity contribution in [3.8, 4) is 0 Å². The molecule has 3 fully saturated rings. The van der Waals surface area contributed by atoms with Crippen LogP contribution in [0.25, 0.3) is 0 Å². The van der Waals surface area contributed by atoms with Crippen molar-refractivity contribution in [1.82, 2.24) is 0 Å². The Labute approximate surface area is 178 Å². The van der Waals surface area contributed by atoms with Crippen molar-refractivity contribution in [2.75, 3.05) is 30.6 Å². The smallest absolute Gasteiger partial charge is 0.229 e. The van der Waals surface area contributed by atoms with Crippen molar-refractivity contribution >= 4 is 15.7 Å². The molecular weight excluding hydrogens is 380 g/mol. The second-order valence-electron chi connectivity index (χ2n) is 9.60. The number of benzene rings is 1. The van der Waals surface area contributed by atoms with Gasteiger partial charge >= 0.3 is 0 Å². The van der Waals surface area contributed by atoms with Gasteiger partial charge in [-0.1, -0.05) is 38.3 Å². The maximum atomic E-state index is 11.3. The van der Waals surface area contributed by atoms with Crippen molar-refractivity contribution in [1.29, 1.82) is 0 Å². The summed E-state index contributed by atoms with van der Waals surface area (Å²) in [7, 11) is -3.20. The Kier molecular flexibility index (Phi) is 8.03. The highest BCUT2D eigenvalue weighted by Crippen LogP contribution is 2.40. The van der Waals surface area contributed by atoms with Gasteiger partial charge in [0, 0.05) is 12.1 Å². The second-order valence-corrected chi connectivity index (χ2v) is 11.3. The largest absolute Gasteiger partial charge is 0.321 e. The standard InChI is InChI=1S/C24H41N2O2S/c1-3-4-5-6-7-17-26-18-15-22(16-19-26)20-24(26)10-8-9-21-11-13-23(14-12-21)25-29(2,27)28/h11-14,22,24-25H,3-10,15-20H2,1-2H3/q+1. The van der Waals surface area contributed by atoms with Crippen LogP contribution in [-0.2, 0) is 16.4 Å². The quantitative estimate of drug-likeness (QED) is 0.365. The molecule has 4 rings (SSSR count). The molecule has 3 aliphatic rings. The van der Waals surface area contributed by atoms with Crippen molar-refractivity contribution in [3.05, 3.63) is 29.8 Å². The van der Waals surface area contributed by atoms with Gasteiger partial charge in [-0.15, -0.1) is 0 Å². The fourth-order valence-electron chi connectivity index (χ4n) is 5.67. The minimum atomic E-state index is -3.20. The number of hydrogen-bond donors (Lipinski definition) is 1. The van der Waals surface area contributed by atoms with Crippen LogP contribution >= 0.6 is 0 Å². The van der Waals surface area contributed by atoms with Gasteiger partial charge in [0.25, 0.3) is 0 Å². The van der Waals surface area contributed by atoms with Crippen LogP contribution in [0, 0.1) is 5.92 Å². The topological polar surface area (TPSA) is 46.2 Å². The number of quaternary nitrogens is 1. The number of fused-ring (bicyclic) bond motifs is 3. The van der Waals surface area contributed by atoms with Crippen molar-refractivity contribution in [3.63, 3.8) is 0 Å². The van der Waals surface area contributed by atoms with Gasteiger partial charge < -0.3 is 4.48 Å². The third kappa shape index (κ3) is 6.71. The molecule has 0 saturated carbocycles. The third-order valence-corrected chi connectivity index (χ3v) is 7.92. The molecule has 0 aliphatic carbocycles. The predicted octanol–water partition coefficient (Wildman–Crippen LogP) is 5.35. The summed E-state index contributed by atoms with van der Waals surface area (Å²) in [6.07, 6.45) is 16.2. The Morgan fingerprint density at radius 3 is 2.34 bits per heavy atom. The predicted molar refractivity (Wildman–Crippen MR) is 123 cm³/mol. The van der Waals surface area contributed by atoms with Crippen molar-refractivity contribution in [2.24, 2.45) is 5.92 Å². The molecule has 29 heavy (non-hydrogen) atoms. The minimum Gasteiger partial charge on any atom is -0.321 e. The van der Waals surface area contributed by atoms with Crippen molar-refractivity contribution < 1.29 is 12.9 Å². The molecule has 4 nitrogen and oxygen atoms in total. The van der Waals surface area contributed by atoms with Crippen molar-refractivity contribution in [2.45, 2.75) is 83.6 Å².